The molecule has 2 rings (SSSR count). The fourth-order valence-electron chi connectivity index (χ4n) is 1.51. The van der Waals surface area contributed by atoms with Crippen molar-refractivity contribution in [3.05, 3.63) is 42.2 Å². The van der Waals surface area contributed by atoms with E-state index in [9.17, 15) is 17.2 Å². The maximum absolute atomic E-state index is 13.1. The first kappa shape index (κ1) is 13.5. The highest BCUT2D eigenvalue weighted by Crippen LogP contribution is 2.23. The van der Waals surface area contributed by atoms with Crippen LogP contribution in [0.15, 0.2) is 35.5 Å². The van der Waals surface area contributed by atoms with Crippen LogP contribution in [-0.4, -0.2) is 25.2 Å². The molecule has 0 N–H and O–H groups in total. The minimum absolute atomic E-state index is 0.0257. The van der Waals surface area contributed by atoms with E-state index in [1.54, 1.807) is 7.05 Å². The molecule has 0 fully saturated rings. The average molecular weight is 287 g/mol. The Labute approximate surface area is 109 Å². The highest BCUT2D eigenvalue weighted by molar-refractivity contribution is 7.92. The Morgan fingerprint density at radius 3 is 2.47 bits per heavy atom. The molecular weight excluding hydrogens is 276 g/mol. The van der Waals surface area contributed by atoms with Crippen molar-refractivity contribution in [3.63, 3.8) is 0 Å². The van der Waals surface area contributed by atoms with E-state index in [-0.39, 0.29) is 10.6 Å². The van der Waals surface area contributed by atoms with Gasteiger partial charge in [-0.15, -0.1) is 0 Å². The number of anilines is 1. The van der Waals surface area contributed by atoms with E-state index in [4.69, 9.17) is 0 Å². The highest BCUT2D eigenvalue weighted by atomic mass is 32.2. The minimum atomic E-state index is -3.84. The van der Waals surface area contributed by atoms with Gasteiger partial charge in [-0.2, -0.15) is 5.10 Å². The summed E-state index contributed by atoms with van der Waals surface area (Å²) in [7, 11) is -1.00. The molecule has 0 atom stereocenters. The van der Waals surface area contributed by atoms with E-state index >= 15 is 0 Å². The first-order chi connectivity index (χ1) is 8.82. The predicted octanol–water partition coefficient (Wildman–Crippen LogP) is 1.52. The molecule has 0 aliphatic heterocycles. The molecule has 0 radical (unpaired) electrons. The fourth-order valence-corrected chi connectivity index (χ4v) is 2.68. The van der Waals surface area contributed by atoms with Crippen molar-refractivity contribution >= 4 is 15.7 Å². The van der Waals surface area contributed by atoms with Gasteiger partial charge in [-0.05, 0) is 12.1 Å². The summed E-state index contributed by atoms with van der Waals surface area (Å²) in [4.78, 5) is -0.0257. The zero-order chi connectivity index (χ0) is 14.2. The van der Waals surface area contributed by atoms with Crippen LogP contribution in [0.3, 0.4) is 0 Å². The second-order valence-electron chi connectivity index (χ2n) is 3.92. The van der Waals surface area contributed by atoms with Gasteiger partial charge in [0.2, 0.25) is 0 Å². The van der Waals surface area contributed by atoms with E-state index in [1.807, 2.05) is 0 Å². The number of aromatic nitrogens is 2. The van der Waals surface area contributed by atoms with Gasteiger partial charge < -0.3 is 0 Å². The van der Waals surface area contributed by atoms with E-state index < -0.39 is 21.7 Å². The Bertz CT molecular complexity index is 712. The predicted molar refractivity (Wildman–Crippen MR) is 65.2 cm³/mol. The molecule has 8 heteroatoms. The molecule has 0 saturated heterocycles. The maximum Gasteiger partial charge on any atom is 0.267 e. The van der Waals surface area contributed by atoms with Gasteiger partial charge in [0.15, 0.2) is 11.6 Å². The molecule has 0 spiro atoms. The molecule has 0 bridgehead atoms. The van der Waals surface area contributed by atoms with Crippen molar-refractivity contribution in [2.45, 2.75) is 4.90 Å². The normalized spacial score (nSPS) is 11.6. The van der Waals surface area contributed by atoms with Crippen LogP contribution in [0.1, 0.15) is 0 Å². The lowest BCUT2D eigenvalue weighted by Gasteiger charge is -2.18. The zero-order valence-electron chi connectivity index (χ0n) is 10.2. The number of nitrogens with zero attached hydrogens (tertiary/aromatic N) is 3. The topological polar surface area (TPSA) is 55.2 Å². The van der Waals surface area contributed by atoms with Crippen LogP contribution in [0, 0.1) is 11.6 Å². The number of aryl methyl sites for hydroxylation is 1. The molecule has 0 amide bonds. The van der Waals surface area contributed by atoms with Crippen LogP contribution in [0.2, 0.25) is 0 Å². The summed E-state index contributed by atoms with van der Waals surface area (Å²) in [5.74, 6) is -2.14. The molecule has 0 aliphatic rings. The summed E-state index contributed by atoms with van der Waals surface area (Å²) < 4.78 is 52.6. The summed E-state index contributed by atoms with van der Waals surface area (Å²) in [6.07, 6.45) is 2.51. The van der Waals surface area contributed by atoms with Gasteiger partial charge in [0.1, 0.15) is 4.90 Å². The molecule has 102 valence electrons. The maximum atomic E-state index is 13.1. The SMILES string of the molecule is CN(c1ccc(F)c(F)c1)S(=O)(=O)c1cnn(C)c1. The van der Waals surface area contributed by atoms with Gasteiger partial charge in [-0.25, -0.2) is 17.2 Å². The summed E-state index contributed by atoms with van der Waals surface area (Å²) >= 11 is 0. The van der Waals surface area contributed by atoms with Crippen LogP contribution in [0.4, 0.5) is 14.5 Å². The van der Waals surface area contributed by atoms with E-state index in [0.29, 0.717) is 0 Å². The molecule has 19 heavy (non-hydrogen) atoms. The van der Waals surface area contributed by atoms with Crippen molar-refractivity contribution in [3.8, 4) is 0 Å². The van der Waals surface area contributed by atoms with Gasteiger partial charge in [-0.1, -0.05) is 0 Å². The lowest BCUT2D eigenvalue weighted by molar-refractivity contribution is 0.509. The quantitative estimate of drug-likeness (QED) is 0.860. The van der Waals surface area contributed by atoms with Crippen molar-refractivity contribution in [1.82, 2.24) is 9.78 Å². The summed E-state index contributed by atoms with van der Waals surface area (Å²) in [5.41, 5.74) is 0.0303. The lowest BCUT2D eigenvalue weighted by Crippen LogP contribution is -2.26. The Morgan fingerprint density at radius 1 is 1.26 bits per heavy atom. The number of hydrogen-bond donors (Lipinski definition) is 0. The third-order valence-electron chi connectivity index (χ3n) is 2.61. The molecule has 1 aromatic carbocycles. The van der Waals surface area contributed by atoms with Crippen molar-refractivity contribution in [1.29, 1.82) is 0 Å². The molecule has 2 aromatic rings. The van der Waals surface area contributed by atoms with Gasteiger partial charge in [0.25, 0.3) is 10.0 Å². The van der Waals surface area contributed by atoms with Gasteiger partial charge in [0.05, 0.1) is 11.9 Å². The number of benzene rings is 1. The third kappa shape index (κ3) is 2.43. The number of sulfonamides is 1. The Morgan fingerprint density at radius 2 is 1.95 bits per heavy atom. The standard InChI is InChI=1S/C11H11F2N3O2S/c1-15-7-9(6-14-15)19(17,18)16(2)8-3-4-10(12)11(13)5-8/h3-7H,1-2H3. The van der Waals surface area contributed by atoms with Gasteiger partial charge in [-0.3, -0.25) is 8.99 Å². The second-order valence-corrected chi connectivity index (χ2v) is 5.89. The first-order valence-corrected chi connectivity index (χ1v) is 6.69. The molecule has 1 aromatic heterocycles. The summed E-state index contributed by atoms with van der Waals surface area (Å²) in [6, 6.07) is 2.88. The van der Waals surface area contributed by atoms with Crippen LogP contribution < -0.4 is 4.31 Å². The van der Waals surface area contributed by atoms with Crippen molar-refractivity contribution in [2.24, 2.45) is 7.05 Å². The summed E-state index contributed by atoms with van der Waals surface area (Å²) in [5, 5.41) is 3.77. The smallest absolute Gasteiger partial charge is 0.267 e. The molecule has 5 nitrogen and oxygen atoms in total. The van der Waals surface area contributed by atoms with Crippen molar-refractivity contribution in [2.75, 3.05) is 11.4 Å². The van der Waals surface area contributed by atoms with Crippen LogP contribution in [-0.2, 0) is 17.1 Å². The van der Waals surface area contributed by atoms with Crippen LogP contribution in [0.5, 0.6) is 0 Å². The van der Waals surface area contributed by atoms with E-state index in [1.165, 1.54) is 30.2 Å². The molecule has 1 heterocycles. The molecule has 0 aliphatic carbocycles. The zero-order valence-corrected chi connectivity index (χ0v) is 11.0. The van der Waals surface area contributed by atoms with Crippen LogP contribution >= 0.6 is 0 Å². The fraction of sp³-hybridized carbons (Fsp3) is 0.182. The molecule has 0 unspecified atom stereocenters. The number of hydrogen-bond acceptors (Lipinski definition) is 3. The highest BCUT2D eigenvalue weighted by Gasteiger charge is 2.23. The van der Waals surface area contributed by atoms with Crippen LogP contribution in [0.25, 0.3) is 0 Å². The Balaban J connectivity index is 2.43. The Hall–Kier alpha value is -1.96. The minimum Gasteiger partial charge on any atom is -0.274 e. The second kappa shape index (κ2) is 4.61. The monoisotopic (exact) mass is 287 g/mol. The number of halogens is 2. The third-order valence-corrected chi connectivity index (χ3v) is 4.34. The largest absolute Gasteiger partial charge is 0.274 e. The van der Waals surface area contributed by atoms with Gasteiger partial charge in [0, 0.05) is 26.4 Å². The van der Waals surface area contributed by atoms with Gasteiger partial charge >= 0.3 is 0 Å². The Kier molecular flexibility index (Phi) is 3.27. The summed E-state index contributed by atoms with van der Waals surface area (Å²) in [6.45, 7) is 0. The van der Waals surface area contributed by atoms with E-state index in [0.717, 1.165) is 16.4 Å². The number of rotatable bonds is 3. The molecular formula is C11H11F2N3O2S. The lowest BCUT2D eigenvalue weighted by atomic mass is 10.3. The van der Waals surface area contributed by atoms with Crippen molar-refractivity contribution < 1.29 is 17.2 Å². The average Bonchev–Trinajstić information content (AvgIpc) is 2.79. The molecule has 0 saturated carbocycles. The van der Waals surface area contributed by atoms with E-state index in [2.05, 4.69) is 5.10 Å². The first-order valence-electron chi connectivity index (χ1n) is 5.25.